The van der Waals surface area contributed by atoms with E-state index in [1.807, 2.05) is 36.4 Å². The van der Waals surface area contributed by atoms with Gasteiger partial charge in [0.05, 0.1) is 17.2 Å². The molecule has 0 unspecified atom stereocenters. The lowest BCUT2D eigenvalue weighted by atomic mass is 10.0. The standard InChI is InChI=1S/C24H20ClNO3S/c1-2-3-13-29-21-12-11-16-7-4-5-10-19(16)20(21)15-22-23(27)26(24(28)30-22)18-9-6-8-17(25)14-18/h4-12,14-15H,2-3,13H2,1H3/b22-15+. The number of nitrogens with zero attached hydrogens (tertiary/aromatic N) is 1. The number of fused-ring (bicyclic) bond motifs is 1. The lowest BCUT2D eigenvalue weighted by molar-refractivity contribution is -0.113. The molecule has 3 aromatic rings. The largest absolute Gasteiger partial charge is 0.493 e. The van der Waals surface area contributed by atoms with Crippen LogP contribution in [0.1, 0.15) is 25.3 Å². The van der Waals surface area contributed by atoms with Crippen molar-refractivity contribution in [1.82, 2.24) is 0 Å². The second-order valence-electron chi connectivity index (χ2n) is 6.90. The van der Waals surface area contributed by atoms with E-state index in [1.54, 1.807) is 30.3 Å². The van der Waals surface area contributed by atoms with Gasteiger partial charge in [0, 0.05) is 10.6 Å². The number of rotatable bonds is 6. The molecule has 0 atom stereocenters. The van der Waals surface area contributed by atoms with Crippen LogP contribution in [0.3, 0.4) is 0 Å². The Labute approximate surface area is 184 Å². The van der Waals surface area contributed by atoms with E-state index in [2.05, 4.69) is 6.92 Å². The highest BCUT2D eigenvalue weighted by atomic mass is 35.5. The molecule has 152 valence electrons. The van der Waals surface area contributed by atoms with Crippen LogP contribution in [0, 0.1) is 0 Å². The van der Waals surface area contributed by atoms with Gasteiger partial charge in [0.1, 0.15) is 5.75 Å². The normalized spacial score (nSPS) is 15.4. The number of amides is 2. The maximum atomic E-state index is 13.1. The molecule has 0 spiro atoms. The molecule has 0 radical (unpaired) electrons. The highest BCUT2D eigenvalue weighted by Gasteiger charge is 2.36. The first-order valence-corrected chi connectivity index (χ1v) is 11.0. The number of imide groups is 1. The molecular weight excluding hydrogens is 418 g/mol. The Bertz CT molecular complexity index is 1160. The zero-order valence-corrected chi connectivity index (χ0v) is 18.0. The molecule has 1 heterocycles. The lowest BCUT2D eigenvalue weighted by Crippen LogP contribution is -2.27. The molecule has 2 amide bonds. The third-order valence-electron chi connectivity index (χ3n) is 4.82. The van der Waals surface area contributed by atoms with Gasteiger partial charge >= 0.3 is 0 Å². The molecule has 0 bridgehead atoms. The highest BCUT2D eigenvalue weighted by molar-refractivity contribution is 8.19. The number of hydrogen-bond acceptors (Lipinski definition) is 4. The molecule has 6 heteroatoms. The summed E-state index contributed by atoms with van der Waals surface area (Å²) < 4.78 is 6.00. The number of thioether (sulfide) groups is 1. The van der Waals surface area contributed by atoms with E-state index in [4.69, 9.17) is 16.3 Å². The lowest BCUT2D eigenvalue weighted by Gasteiger charge is -2.13. The van der Waals surface area contributed by atoms with Gasteiger partial charge in [-0.05, 0) is 59.3 Å². The molecule has 0 aliphatic carbocycles. The predicted octanol–water partition coefficient (Wildman–Crippen LogP) is 6.91. The van der Waals surface area contributed by atoms with E-state index in [-0.39, 0.29) is 11.1 Å². The Morgan fingerprint density at radius 1 is 1.07 bits per heavy atom. The SMILES string of the molecule is CCCCOc1ccc2ccccc2c1/C=C1/SC(=O)N(c2cccc(Cl)c2)C1=O. The van der Waals surface area contributed by atoms with Crippen LogP contribution in [0.15, 0.2) is 65.6 Å². The van der Waals surface area contributed by atoms with Crippen molar-refractivity contribution in [3.05, 3.63) is 76.2 Å². The van der Waals surface area contributed by atoms with Gasteiger partial charge in [-0.3, -0.25) is 9.59 Å². The second kappa shape index (κ2) is 8.94. The smallest absolute Gasteiger partial charge is 0.298 e. The number of hydrogen-bond donors (Lipinski definition) is 0. The maximum Gasteiger partial charge on any atom is 0.298 e. The number of carbonyl (C=O) groups excluding carboxylic acids is 2. The van der Waals surface area contributed by atoms with Crippen LogP contribution in [-0.4, -0.2) is 17.8 Å². The Balaban J connectivity index is 1.76. The minimum Gasteiger partial charge on any atom is -0.493 e. The predicted molar refractivity (Wildman–Crippen MR) is 124 cm³/mol. The van der Waals surface area contributed by atoms with Crippen molar-refractivity contribution in [2.24, 2.45) is 0 Å². The Kier molecular flexibility index (Phi) is 6.11. The number of halogens is 1. The average Bonchev–Trinajstić information content (AvgIpc) is 3.02. The zero-order valence-electron chi connectivity index (χ0n) is 16.4. The van der Waals surface area contributed by atoms with Crippen molar-refractivity contribution in [3.8, 4) is 5.75 Å². The van der Waals surface area contributed by atoms with Crippen molar-refractivity contribution >= 4 is 57.0 Å². The minimum atomic E-state index is -0.361. The van der Waals surface area contributed by atoms with Crippen molar-refractivity contribution in [2.75, 3.05) is 11.5 Å². The summed E-state index contributed by atoms with van der Waals surface area (Å²) in [5, 5.41) is 2.14. The fourth-order valence-electron chi connectivity index (χ4n) is 3.31. The first-order valence-electron chi connectivity index (χ1n) is 9.76. The third-order valence-corrected chi connectivity index (χ3v) is 5.93. The first kappa shape index (κ1) is 20.5. The summed E-state index contributed by atoms with van der Waals surface area (Å²) in [7, 11) is 0. The van der Waals surface area contributed by atoms with Crippen molar-refractivity contribution in [2.45, 2.75) is 19.8 Å². The van der Waals surface area contributed by atoms with Gasteiger partial charge in [-0.25, -0.2) is 4.90 Å². The summed E-state index contributed by atoms with van der Waals surface area (Å²) in [6, 6.07) is 18.6. The Hall–Kier alpha value is -2.76. The molecule has 1 aliphatic rings. The van der Waals surface area contributed by atoms with E-state index in [1.165, 1.54) is 0 Å². The van der Waals surface area contributed by atoms with Crippen molar-refractivity contribution in [1.29, 1.82) is 0 Å². The summed E-state index contributed by atoms with van der Waals surface area (Å²) in [5.41, 5.74) is 1.27. The number of carbonyl (C=O) groups is 2. The van der Waals surface area contributed by atoms with Crippen molar-refractivity contribution < 1.29 is 14.3 Å². The van der Waals surface area contributed by atoms with E-state index in [0.29, 0.717) is 28.0 Å². The van der Waals surface area contributed by atoms with Crippen LogP contribution in [-0.2, 0) is 4.79 Å². The molecule has 4 rings (SSSR count). The minimum absolute atomic E-state index is 0.345. The van der Waals surface area contributed by atoms with Crippen LogP contribution in [0.4, 0.5) is 10.5 Å². The molecule has 1 saturated heterocycles. The van der Waals surface area contributed by atoms with Gasteiger partial charge in [0.2, 0.25) is 0 Å². The van der Waals surface area contributed by atoms with E-state index in [0.717, 1.165) is 45.8 Å². The number of unbranched alkanes of at least 4 members (excludes halogenated alkanes) is 1. The molecule has 4 nitrogen and oxygen atoms in total. The first-order chi connectivity index (χ1) is 14.6. The second-order valence-corrected chi connectivity index (χ2v) is 8.33. The topological polar surface area (TPSA) is 46.6 Å². The molecular formula is C24H20ClNO3S. The van der Waals surface area contributed by atoms with E-state index in [9.17, 15) is 9.59 Å². The summed E-state index contributed by atoms with van der Waals surface area (Å²) in [5.74, 6) is 0.344. The van der Waals surface area contributed by atoms with Gasteiger partial charge < -0.3 is 4.74 Å². The molecule has 0 N–H and O–H groups in total. The molecule has 1 aliphatic heterocycles. The van der Waals surface area contributed by atoms with Crippen LogP contribution in [0.2, 0.25) is 5.02 Å². The van der Waals surface area contributed by atoms with E-state index >= 15 is 0 Å². The Morgan fingerprint density at radius 2 is 1.90 bits per heavy atom. The molecule has 0 aromatic heterocycles. The van der Waals surface area contributed by atoms with Gasteiger partial charge in [-0.1, -0.05) is 61.3 Å². The average molecular weight is 438 g/mol. The van der Waals surface area contributed by atoms with Crippen LogP contribution in [0.5, 0.6) is 5.75 Å². The summed E-state index contributed by atoms with van der Waals surface area (Å²) >= 11 is 6.97. The fraction of sp³-hybridized carbons (Fsp3) is 0.167. The number of benzene rings is 3. The van der Waals surface area contributed by atoms with Crippen LogP contribution in [0.25, 0.3) is 16.8 Å². The molecule has 3 aromatic carbocycles. The summed E-state index contributed by atoms with van der Waals surface area (Å²) in [4.78, 5) is 27.2. The van der Waals surface area contributed by atoms with Gasteiger partial charge in [0.15, 0.2) is 0 Å². The quantitative estimate of drug-likeness (QED) is 0.310. The number of anilines is 1. The maximum absolute atomic E-state index is 13.1. The highest BCUT2D eigenvalue weighted by Crippen LogP contribution is 2.39. The molecule has 30 heavy (non-hydrogen) atoms. The van der Waals surface area contributed by atoms with Crippen molar-refractivity contribution in [3.63, 3.8) is 0 Å². The fourth-order valence-corrected chi connectivity index (χ4v) is 4.32. The van der Waals surface area contributed by atoms with Crippen LogP contribution >= 0.6 is 23.4 Å². The zero-order chi connectivity index (χ0) is 21.1. The summed E-state index contributed by atoms with van der Waals surface area (Å²) in [6.07, 6.45) is 3.73. The van der Waals surface area contributed by atoms with Gasteiger partial charge in [-0.15, -0.1) is 0 Å². The van der Waals surface area contributed by atoms with Gasteiger partial charge in [-0.2, -0.15) is 0 Å². The molecule has 1 fully saturated rings. The van der Waals surface area contributed by atoms with E-state index < -0.39 is 0 Å². The monoisotopic (exact) mass is 437 g/mol. The third kappa shape index (κ3) is 4.09. The Morgan fingerprint density at radius 3 is 2.70 bits per heavy atom. The number of ether oxygens (including phenoxy) is 1. The van der Waals surface area contributed by atoms with Crippen LogP contribution < -0.4 is 9.64 Å². The molecule has 0 saturated carbocycles. The van der Waals surface area contributed by atoms with Gasteiger partial charge in [0.25, 0.3) is 11.1 Å². The summed E-state index contributed by atoms with van der Waals surface area (Å²) in [6.45, 7) is 2.70.